The van der Waals surface area contributed by atoms with Gasteiger partial charge in [-0.05, 0) is 54.7 Å². The summed E-state index contributed by atoms with van der Waals surface area (Å²) in [5.41, 5.74) is 1.13. The van der Waals surface area contributed by atoms with E-state index in [-0.39, 0.29) is 11.4 Å². The largest absolute Gasteiger partial charge is 0.504 e. The van der Waals surface area contributed by atoms with Gasteiger partial charge in [0.2, 0.25) is 0 Å². The molecule has 3 aromatic rings. The van der Waals surface area contributed by atoms with Crippen LogP contribution in [0.2, 0.25) is 0 Å². The van der Waals surface area contributed by atoms with E-state index in [1.807, 2.05) is 10.8 Å². The van der Waals surface area contributed by atoms with E-state index in [2.05, 4.69) is 10.3 Å². The van der Waals surface area contributed by atoms with Crippen LogP contribution in [-0.2, 0) is 6.54 Å². The van der Waals surface area contributed by atoms with Crippen LogP contribution in [0.5, 0.6) is 11.5 Å². The lowest BCUT2D eigenvalue weighted by Crippen LogP contribution is -2.24. The maximum atomic E-state index is 13.1. The number of aromatic nitrogens is 2. The first-order chi connectivity index (χ1) is 13.5. The third-order valence-electron chi connectivity index (χ3n) is 4.45. The fourth-order valence-electron chi connectivity index (χ4n) is 2.91. The van der Waals surface area contributed by atoms with Crippen molar-refractivity contribution in [1.29, 1.82) is 0 Å². The van der Waals surface area contributed by atoms with Gasteiger partial charge >= 0.3 is 0 Å². The van der Waals surface area contributed by atoms with E-state index < -0.39 is 17.4 Å². The molecule has 0 saturated carbocycles. The van der Waals surface area contributed by atoms with E-state index >= 15 is 0 Å². The molecule has 0 aliphatic heterocycles. The fraction of sp³-hybridized carbons (Fsp3) is 0.238. The van der Waals surface area contributed by atoms with Crippen LogP contribution in [0.3, 0.4) is 0 Å². The number of unbranched alkanes of at least 4 members (excludes halogenated alkanes) is 2. The number of carbonyl (C=O) groups excluding carboxylic acids is 1. The van der Waals surface area contributed by atoms with Gasteiger partial charge in [-0.15, -0.1) is 0 Å². The average molecular weight is 383 g/mol. The molecule has 0 radical (unpaired) electrons. The second-order valence-electron chi connectivity index (χ2n) is 6.52. The smallest absolute Gasteiger partial charge is 0.255 e. The SMILES string of the molecule is O=C(NCCCCCn1ccnc1)c1cc(-c2ccc(F)cc2)cc(O)c1O. The van der Waals surface area contributed by atoms with Crippen molar-refractivity contribution in [2.75, 3.05) is 6.54 Å². The number of aryl methyl sites for hydroxylation is 1. The number of rotatable bonds is 8. The number of hydrogen-bond donors (Lipinski definition) is 3. The Morgan fingerprint density at radius 2 is 1.86 bits per heavy atom. The topological polar surface area (TPSA) is 87.4 Å². The molecular weight excluding hydrogens is 361 g/mol. The molecule has 0 fully saturated rings. The summed E-state index contributed by atoms with van der Waals surface area (Å²) in [7, 11) is 0. The molecule has 0 saturated heterocycles. The van der Waals surface area contributed by atoms with Crippen LogP contribution >= 0.6 is 0 Å². The van der Waals surface area contributed by atoms with Crippen LogP contribution in [0.4, 0.5) is 4.39 Å². The zero-order valence-electron chi connectivity index (χ0n) is 15.3. The average Bonchev–Trinajstić information content (AvgIpc) is 3.20. The number of phenolic OH excluding ortho intramolecular Hbond substituents is 2. The number of halogens is 1. The second-order valence-corrected chi connectivity index (χ2v) is 6.52. The summed E-state index contributed by atoms with van der Waals surface area (Å²) < 4.78 is 15.1. The van der Waals surface area contributed by atoms with Gasteiger partial charge in [-0.2, -0.15) is 0 Å². The highest BCUT2D eigenvalue weighted by atomic mass is 19.1. The molecule has 1 aromatic heterocycles. The predicted molar refractivity (Wildman–Crippen MR) is 104 cm³/mol. The minimum atomic E-state index is -0.469. The Kier molecular flexibility index (Phi) is 6.26. The number of imidazole rings is 1. The first kappa shape index (κ1) is 19.4. The lowest BCUT2D eigenvalue weighted by molar-refractivity contribution is 0.0949. The van der Waals surface area contributed by atoms with E-state index in [4.69, 9.17) is 0 Å². The summed E-state index contributed by atoms with van der Waals surface area (Å²) in [4.78, 5) is 16.4. The molecule has 1 amide bonds. The number of hydrogen-bond acceptors (Lipinski definition) is 4. The van der Waals surface area contributed by atoms with Crippen LogP contribution in [-0.4, -0.2) is 32.2 Å². The van der Waals surface area contributed by atoms with Crippen molar-refractivity contribution in [2.45, 2.75) is 25.8 Å². The van der Waals surface area contributed by atoms with E-state index in [1.54, 1.807) is 24.7 Å². The third kappa shape index (κ3) is 4.88. The van der Waals surface area contributed by atoms with Crippen molar-refractivity contribution in [3.8, 4) is 22.6 Å². The molecule has 0 atom stereocenters. The van der Waals surface area contributed by atoms with Crippen molar-refractivity contribution < 1.29 is 19.4 Å². The zero-order chi connectivity index (χ0) is 19.9. The number of nitrogens with zero attached hydrogens (tertiary/aromatic N) is 2. The van der Waals surface area contributed by atoms with Gasteiger partial charge in [-0.3, -0.25) is 4.79 Å². The normalized spacial score (nSPS) is 10.8. The number of amides is 1. The van der Waals surface area contributed by atoms with Gasteiger partial charge in [-0.1, -0.05) is 12.1 Å². The van der Waals surface area contributed by atoms with E-state index in [0.717, 1.165) is 25.8 Å². The van der Waals surface area contributed by atoms with Gasteiger partial charge in [0.15, 0.2) is 11.5 Å². The van der Waals surface area contributed by atoms with Gasteiger partial charge in [0.05, 0.1) is 11.9 Å². The predicted octanol–water partition coefficient (Wildman–Crippen LogP) is 3.70. The summed E-state index contributed by atoms with van der Waals surface area (Å²) in [6.07, 6.45) is 8.12. The number of benzene rings is 2. The Morgan fingerprint density at radius 3 is 2.57 bits per heavy atom. The maximum Gasteiger partial charge on any atom is 0.255 e. The van der Waals surface area contributed by atoms with Gasteiger partial charge in [0.25, 0.3) is 5.91 Å². The number of nitrogens with one attached hydrogen (secondary N) is 1. The van der Waals surface area contributed by atoms with Gasteiger partial charge in [-0.25, -0.2) is 9.37 Å². The number of aromatic hydroxyl groups is 2. The van der Waals surface area contributed by atoms with Crippen molar-refractivity contribution >= 4 is 5.91 Å². The molecule has 0 unspecified atom stereocenters. The molecule has 7 heteroatoms. The van der Waals surface area contributed by atoms with Gasteiger partial charge in [0, 0.05) is 25.5 Å². The van der Waals surface area contributed by atoms with E-state index in [1.165, 1.54) is 24.3 Å². The maximum absolute atomic E-state index is 13.1. The Balaban J connectivity index is 1.57. The van der Waals surface area contributed by atoms with Crippen LogP contribution in [0.15, 0.2) is 55.1 Å². The third-order valence-corrected chi connectivity index (χ3v) is 4.45. The summed E-state index contributed by atoms with van der Waals surface area (Å²) in [6.45, 7) is 1.34. The Morgan fingerprint density at radius 1 is 1.07 bits per heavy atom. The Bertz CT molecular complexity index is 925. The van der Waals surface area contributed by atoms with Crippen LogP contribution in [0.1, 0.15) is 29.6 Å². The van der Waals surface area contributed by atoms with Crippen LogP contribution in [0, 0.1) is 5.82 Å². The molecule has 0 aliphatic rings. The van der Waals surface area contributed by atoms with Crippen molar-refractivity contribution in [1.82, 2.24) is 14.9 Å². The summed E-state index contributed by atoms with van der Waals surface area (Å²) >= 11 is 0. The zero-order valence-corrected chi connectivity index (χ0v) is 15.3. The number of carbonyl (C=O) groups is 1. The molecule has 6 nitrogen and oxygen atoms in total. The van der Waals surface area contributed by atoms with Crippen LogP contribution in [0.25, 0.3) is 11.1 Å². The van der Waals surface area contributed by atoms with Crippen molar-refractivity contribution in [2.24, 2.45) is 0 Å². The summed E-state index contributed by atoms with van der Waals surface area (Å²) in [5, 5.41) is 22.8. The molecule has 0 aliphatic carbocycles. The molecule has 3 N–H and O–H groups in total. The van der Waals surface area contributed by atoms with Gasteiger partial charge < -0.3 is 20.1 Å². The standard InChI is InChI=1S/C21H22FN3O3/c22-17-6-4-15(5-7-17)16-12-18(20(27)19(26)13-16)21(28)24-8-2-1-3-10-25-11-9-23-14-25/h4-7,9,11-14,26-27H,1-3,8,10H2,(H,24,28). The molecule has 0 bridgehead atoms. The Labute approximate surface area is 162 Å². The fourth-order valence-corrected chi connectivity index (χ4v) is 2.91. The lowest BCUT2D eigenvalue weighted by Gasteiger charge is -2.11. The highest BCUT2D eigenvalue weighted by Crippen LogP contribution is 2.34. The van der Waals surface area contributed by atoms with Gasteiger partial charge in [0.1, 0.15) is 5.82 Å². The summed E-state index contributed by atoms with van der Waals surface area (Å²) in [5.74, 6) is -1.71. The monoisotopic (exact) mass is 383 g/mol. The molecule has 28 heavy (non-hydrogen) atoms. The Hall–Kier alpha value is -3.35. The molecule has 3 rings (SSSR count). The van der Waals surface area contributed by atoms with E-state index in [0.29, 0.717) is 17.7 Å². The molecule has 1 heterocycles. The molecule has 146 valence electrons. The van der Waals surface area contributed by atoms with E-state index in [9.17, 15) is 19.4 Å². The van der Waals surface area contributed by atoms with Crippen LogP contribution < -0.4 is 5.32 Å². The minimum Gasteiger partial charge on any atom is -0.504 e. The molecule has 0 spiro atoms. The molecule has 2 aromatic carbocycles. The minimum absolute atomic E-state index is 0.0160. The number of phenols is 2. The lowest BCUT2D eigenvalue weighted by atomic mass is 10.0. The van der Waals surface area contributed by atoms with Crippen molar-refractivity contribution in [3.63, 3.8) is 0 Å². The first-order valence-electron chi connectivity index (χ1n) is 9.10. The quantitative estimate of drug-likeness (QED) is 0.409. The molecular formula is C21H22FN3O3. The first-order valence-corrected chi connectivity index (χ1v) is 9.10. The highest BCUT2D eigenvalue weighted by molar-refractivity contribution is 5.99. The summed E-state index contributed by atoms with van der Waals surface area (Å²) in [6, 6.07) is 8.50. The highest BCUT2D eigenvalue weighted by Gasteiger charge is 2.16. The second kappa shape index (κ2) is 9.03. The van der Waals surface area contributed by atoms with Crippen molar-refractivity contribution in [3.05, 3.63) is 66.5 Å².